The molecule has 6 heteroatoms. The molecule has 140 valence electrons. The van der Waals surface area contributed by atoms with Gasteiger partial charge in [-0.3, -0.25) is 14.5 Å². The van der Waals surface area contributed by atoms with Gasteiger partial charge >= 0.3 is 0 Å². The van der Waals surface area contributed by atoms with Crippen LogP contribution in [0.5, 0.6) is 5.75 Å². The highest BCUT2D eigenvalue weighted by molar-refractivity contribution is 6.36. The van der Waals surface area contributed by atoms with Crippen LogP contribution in [-0.2, 0) is 9.59 Å². The van der Waals surface area contributed by atoms with Crippen LogP contribution < -0.4 is 10.1 Å². The third-order valence-corrected chi connectivity index (χ3v) is 4.18. The standard InChI is InChI=1S/C21H21FN2O3/c1-4-27-17-10-8-14(9-11-17)18-19(21(26)24(13(2)3)20(18)25)23-16-7-5-6-15(22)12-16/h5-13,23H,4H2,1-3H3. The Hall–Kier alpha value is -3.15. The first kappa shape index (κ1) is 18.6. The SMILES string of the molecule is CCOc1ccc(C2=C(Nc3cccc(F)c3)C(=O)N(C(C)C)C2=O)cc1. The lowest BCUT2D eigenvalue weighted by Crippen LogP contribution is -2.38. The van der Waals surface area contributed by atoms with Gasteiger partial charge in [-0.2, -0.15) is 0 Å². The second-order valence-corrected chi connectivity index (χ2v) is 6.42. The lowest BCUT2D eigenvalue weighted by atomic mass is 10.0. The summed E-state index contributed by atoms with van der Waals surface area (Å²) in [6.07, 6.45) is 0. The lowest BCUT2D eigenvalue weighted by molar-refractivity contribution is -0.138. The smallest absolute Gasteiger partial charge is 0.278 e. The molecule has 3 rings (SSSR count). The highest BCUT2D eigenvalue weighted by atomic mass is 19.1. The number of benzene rings is 2. The summed E-state index contributed by atoms with van der Waals surface area (Å²) in [6, 6.07) is 12.5. The van der Waals surface area contributed by atoms with Gasteiger partial charge in [-0.15, -0.1) is 0 Å². The molecular formula is C21H21FN2O3. The number of nitrogens with zero attached hydrogens (tertiary/aromatic N) is 1. The number of carbonyl (C=O) groups excluding carboxylic acids is 2. The quantitative estimate of drug-likeness (QED) is 0.788. The van der Waals surface area contributed by atoms with E-state index in [1.54, 1.807) is 44.2 Å². The van der Waals surface area contributed by atoms with E-state index < -0.39 is 11.7 Å². The molecule has 0 aromatic heterocycles. The summed E-state index contributed by atoms with van der Waals surface area (Å²) in [5.74, 6) is -0.555. The Bertz CT molecular complexity index is 904. The molecule has 0 saturated heterocycles. The minimum Gasteiger partial charge on any atom is -0.494 e. The molecule has 0 aliphatic carbocycles. The fraction of sp³-hybridized carbons (Fsp3) is 0.238. The van der Waals surface area contributed by atoms with Gasteiger partial charge in [-0.25, -0.2) is 4.39 Å². The zero-order valence-electron chi connectivity index (χ0n) is 15.5. The number of imide groups is 1. The van der Waals surface area contributed by atoms with Crippen LogP contribution in [-0.4, -0.2) is 29.4 Å². The van der Waals surface area contributed by atoms with Crippen molar-refractivity contribution in [3.8, 4) is 5.75 Å². The molecule has 27 heavy (non-hydrogen) atoms. The van der Waals surface area contributed by atoms with Crippen molar-refractivity contribution < 1.29 is 18.7 Å². The molecule has 1 N–H and O–H groups in total. The van der Waals surface area contributed by atoms with E-state index >= 15 is 0 Å². The van der Waals surface area contributed by atoms with Gasteiger partial charge in [0.15, 0.2) is 0 Å². The van der Waals surface area contributed by atoms with Gasteiger partial charge in [0.1, 0.15) is 17.3 Å². The maximum Gasteiger partial charge on any atom is 0.278 e. The number of amides is 2. The number of hydrogen-bond donors (Lipinski definition) is 1. The number of carbonyl (C=O) groups is 2. The fourth-order valence-corrected chi connectivity index (χ4v) is 2.99. The predicted molar refractivity (Wildman–Crippen MR) is 102 cm³/mol. The van der Waals surface area contributed by atoms with Crippen molar-refractivity contribution in [1.29, 1.82) is 0 Å². The van der Waals surface area contributed by atoms with E-state index in [9.17, 15) is 14.0 Å². The Morgan fingerprint density at radius 2 is 1.78 bits per heavy atom. The number of rotatable bonds is 6. The Labute approximate surface area is 157 Å². The highest BCUT2D eigenvalue weighted by Crippen LogP contribution is 2.32. The normalized spacial score (nSPS) is 14.3. The number of hydrogen-bond acceptors (Lipinski definition) is 4. The summed E-state index contributed by atoms with van der Waals surface area (Å²) in [5, 5.41) is 2.93. The summed E-state index contributed by atoms with van der Waals surface area (Å²) >= 11 is 0. The van der Waals surface area contributed by atoms with Crippen molar-refractivity contribution in [3.05, 3.63) is 65.6 Å². The number of halogens is 1. The van der Waals surface area contributed by atoms with E-state index in [0.717, 1.165) is 0 Å². The first-order valence-electron chi connectivity index (χ1n) is 8.80. The van der Waals surface area contributed by atoms with Gasteiger partial charge < -0.3 is 10.1 Å². The molecule has 1 aliphatic heterocycles. The largest absolute Gasteiger partial charge is 0.494 e. The molecular weight excluding hydrogens is 347 g/mol. The predicted octanol–water partition coefficient (Wildman–Crippen LogP) is 3.82. The molecule has 1 aliphatic rings. The van der Waals surface area contributed by atoms with Crippen LogP contribution in [0.15, 0.2) is 54.2 Å². The van der Waals surface area contributed by atoms with Gasteiger partial charge in [0, 0.05) is 11.7 Å². The Morgan fingerprint density at radius 1 is 1.07 bits per heavy atom. The van der Waals surface area contributed by atoms with Crippen LogP contribution in [0.25, 0.3) is 5.57 Å². The molecule has 0 atom stereocenters. The van der Waals surface area contributed by atoms with Crippen molar-refractivity contribution in [2.24, 2.45) is 0 Å². The van der Waals surface area contributed by atoms with E-state index in [-0.39, 0.29) is 23.2 Å². The van der Waals surface area contributed by atoms with E-state index in [0.29, 0.717) is 23.6 Å². The second kappa shape index (κ2) is 7.61. The topological polar surface area (TPSA) is 58.6 Å². The molecule has 0 radical (unpaired) electrons. The first-order valence-corrected chi connectivity index (χ1v) is 8.80. The molecule has 0 bridgehead atoms. The Balaban J connectivity index is 2.05. The average molecular weight is 368 g/mol. The molecule has 5 nitrogen and oxygen atoms in total. The molecule has 2 amide bonds. The monoisotopic (exact) mass is 368 g/mol. The Kier molecular flexibility index (Phi) is 5.26. The lowest BCUT2D eigenvalue weighted by Gasteiger charge is -2.19. The van der Waals surface area contributed by atoms with E-state index in [1.165, 1.54) is 23.1 Å². The van der Waals surface area contributed by atoms with Crippen LogP contribution in [0.4, 0.5) is 10.1 Å². The van der Waals surface area contributed by atoms with Gasteiger partial charge in [0.05, 0.1) is 12.2 Å². The summed E-state index contributed by atoms with van der Waals surface area (Å²) in [6.45, 7) is 5.97. The maximum absolute atomic E-state index is 13.5. The summed E-state index contributed by atoms with van der Waals surface area (Å²) in [7, 11) is 0. The van der Waals surface area contributed by atoms with E-state index in [2.05, 4.69) is 5.32 Å². The van der Waals surface area contributed by atoms with Gasteiger partial charge in [0.25, 0.3) is 11.8 Å². The van der Waals surface area contributed by atoms with Gasteiger partial charge in [-0.05, 0) is 56.7 Å². The maximum atomic E-state index is 13.5. The van der Waals surface area contributed by atoms with E-state index in [1.807, 2.05) is 6.92 Å². The minimum atomic E-state index is -0.430. The molecule has 0 saturated carbocycles. The fourth-order valence-electron chi connectivity index (χ4n) is 2.99. The van der Waals surface area contributed by atoms with Gasteiger partial charge in [-0.1, -0.05) is 18.2 Å². The second-order valence-electron chi connectivity index (χ2n) is 6.42. The molecule has 2 aromatic rings. The van der Waals surface area contributed by atoms with Crippen molar-refractivity contribution in [1.82, 2.24) is 4.90 Å². The summed E-state index contributed by atoms with van der Waals surface area (Å²) in [4.78, 5) is 27.0. The van der Waals surface area contributed by atoms with E-state index in [4.69, 9.17) is 4.74 Å². The number of anilines is 1. The van der Waals surface area contributed by atoms with Crippen molar-refractivity contribution in [2.45, 2.75) is 26.8 Å². The van der Waals surface area contributed by atoms with Crippen molar-refractivity contribution in [3.63, 3.8) is 0 Å². The Morgan fingerprint density at radius 3 is 2.37 bits per heavy atom. The average Bonchev–Trinajstić information content (AvgIpc) is 2.86. The van der Waals surface area contributed by atoms with Crippen molar-refractivity contribution in [2.75, 3.05) is 11.9 Å². The van der Waals surface area contributed by atoms with Crippen LogP contribution in [0.3, 0.4) is 0 Å². The molecule has 0 unspecified atom stereocenters. The van der Waals surface area contributed by atoms with Crippen LogP contribution in [0.2, 0.25) is 0 Å². The third-order valence-electron chi connectivity index (χ3n) is 4.18. The van der Waals surface area contributed by atoms with Crippen LogP contribution in [0.1, 0.15) is 26.3 Å². The third kappa shape index (κ3) is 3.69. The molecule has 0 fully saturated rings. The molecule has 1 heterocycles. The van der Waals surface area contributed by atoms with Crippen LogP contribution in [0, 0.1) is 5.82 Å². The summed E-state index contributed by atoms with van der Waals surface area (Å²) in [5.41, 5.74) is 1.41. The zero-order chi connectivity index (χ0) is 19.6. The minimum absolute atomic E-state index is 0.142. The molecule has 2 aromatic carbocycles. The first-order chi connectivity index (χ1) is 12.9. The summed E-state index contributed by atoms with van der Waals surface area (Å²) < 4.78 is 19.0. The number of nitrogens with one attached hydrogen (secondary N) is 1. The number of ether oxygens (including phenoxy) is 1. The zero-order valence-corrected chi connectivity index (χ0v) is 15.5. The molecule has 0 spiro atoms. The highest BCUT2D eigenvalue weighted by Gasteiger charge is 2.40. The van der Waals surface area contributed by atoms with Crippen molar-refractivity contribution >= 4 is 23.1 Å². The van der Waals surface area contributed by atoms with Gasteiger partial charge in [0.2, 0.25) is 0 Å². The van der Waals surface area contributed by atoms with Crippen LogP contribution >= 0.6 is 0 Å².